The lowest BCUT2D eigenvalue weighted by Gasteiger charge is -2.13. The van der Waals surface area contributed by atoms with Crippen LogP contribution in [-0.2, 0) is 13.1 Å². The highest BCUT2D eigenvalue weighted by Gasteiger charge is 2.36. The molecule has 0 bridgehead atoms. The number of hydrogen-bond acceptors (Lipinski definition) is 5. The number of aromatic nitrogens is 2. The molecule has 0 radical (unpaired) electrons. The fourth-order valence-electron chi connectivity index (χ4n) is 2.27. The number of hydrogen-bond donors (Lipinski definition) is 0. The van der Waals surface area contributed by atoms with E-state index < -0.39 is 0 Å². The van der Waals surface area contributed by atoms with Crippen LogP contribution < -0.4 is 0 Å². The smallest absolute Gasteiger partial charge is 0.138 e. The van der Waals surface area contributed by atoms with Crippen LogP contribution in [0.15, 0.2) is 16.5 Å². The molecule has 6 heteroatoms. The first kappa shape index (κ1) is 13.1. The van der Waals surface area contributed by atoms with Gasteiger partial charge in [0.25, 0.3) is 0 Å². The van der Waals surface area contributed by atoms with Gasteiger partial charge in [0.15, 0.2) is 0 Å². The monoisotopic (exact) mass is 297 g/mol. The first-order valence-corrected chi connectivity index (χ1v) is 7.52. The van der Waals surface area contributed by atoms with Gasteiger partial charge in [-0.1, -0.05) is 23.0 Å². The lowest BCUT2D eigenvalue weighted by Crippen LogP contribution is -2.17. The summed E-state index contributed by atoms with van der Waals surface area (Å²) < 4.78 is 10.4. The normalized spacial score (nSPS) is 22.1. The Bertz CT molecular complexity index is 568. The van der Waals surface area contributed by atoms with Crippen molar-refractivity contribution >= 4 is 23.1 Å². The molecule has 102 valence electrons. The van der Waals surface area contributed by atoms with Gasteiger partial charge in [-0.25, -0.2) is 0 Å². The third-order valence-corrected chi connectivity index (χ3v) is 4.50. The van der Waals surface area contributed by atoms with Crippen molar-refractivity contribution in [3.63, 3.8) is 0 Å². The molecule has 0 N–H and O–H groups in total. The second-order valence-electron chi connectivity index (χ2n) is 5.29. The molecule has 2 aromatic rings. The van der Waals surface area contributed by atoms with Crippen LogP contribution in [-0.4, -0.2) is 21.5 Å². The predicted octanol–water partition coefficient (Wildman–Crippen LogP) is 3.54. The van der Waals surface area contributed by atoms with Crippen molar-refractivity contribution in [2.75, 3.05) is 7.05 Å². The van der Waals surface area contributed by atoms with Crippen LogP contribution in [0.25, 0.3) is 0 Å². The molecule has 2 atom stereocenters. The minimum absolute atomic E-state index is 0.635. The summed E-state index contributed by atoms with van der Waals surface area (Å²) in [7, 11) is 2.03. The molecule has 0 aromatic carbocycles. The lowest BCUT2D eigenvalue weighted by atomic mass is 10.3. The summed E-state index contributed by atoms with van der Waals surface area (Å²) in [4.78, 5) is 2.13. The van der Waals surface area contributed by atoms with Gasteiger partial charge in [-0.3, -0.25) is 4.90 Å². The summed E-state index contributed by atoms with van der Waals surface area (Å²) in [5, 5.41) is 4.02. The SMILES string of the molecule is C[C@H]1C[C@@H]1c1ccc(CN(C)Cc2nnsc2Cl)o1. The summed E-state index contributed by atoms with van der Waals surface area (Å²) in [5.41, 5.74) is 0.830. The van der Waals surface area contributed by atoms with E-state index in [2.05, 4.69) is 33.5 Å². The molecule has 2 aromatic heterocycles. The maximum Gasteiger partial charge on any atom is 0.138 e. The highest BCUT2D eigenvalue weighted by atomic mass is 35.5. The van der Waals surface area contributed by atoms with Crippen LogP contribution in [0.4, 0.5) is 0 Å². The minimum atomic E-state index is 0.635. The van der Waals surface area contributed by atoms with E-state index in [0.717, 1.165) is 29.7 Å². The Kier molecular flexibility index (Phi) is 3.60. The summed E-state index contributed by atoms with van der Waals surface area (Å²) >= 11 is 7.22. The molecule has 0 amide bonds. The van der Waals surface area contributed by atoms with E-state index >= 15 is 0 Å². The largest absolute Gasteiger partial charge is 0.464 e. The zero-order valence-electron chi connectivity index (χ0n) is 11.0. The zero-order valence-corrected chi connectivity index (χ0v) is 12.5. The maximum absolute atomic E-state index is 6.00. The van der Waals surface area contributed by atoms with Gasteiger partial charge in [-0.2, -0.15) is 0 Å². The molecular weight excluding hydrogens is 282 g/mol. The topological polar surface area (TPSA) is 42.2 Å². The third kappa shape index (κ3) is 2.99. The van der Waals surface area contributed by atoms with E-state index in [9.17, 15) is 0 Å². The molecule has 1 saturated carbocycles. The van der Waals surface area contributed by atoms with Gasteiger partial charge in [-0.05, 0) is 31.5 Å². The molecule has 1 fully saturated rings. The van der Waals surface area contributed by atoms with E-state index in [-0.39, 0.29) is 0 Å². The Hall–Kier alpha value is -0.910. The fourth-order valence-corrected chi connectivity index (χ4v) is 2.88. The fraction of sp³-hybridized carbons (Fsp3) is 0.538. The van der Waals surface area contributed by atoms with Crippen molar-refractivity contribution in [2.24, 2.45) is 5.92 Å². The van der Waals surface area contributed by atoms with Gasteiger partial charge in [0.05, 0.1) is 6.54 Å². The van der Waals surface area contributed by atoms with Crippen LogP contribution in [0.5, 0.6) is 0 Å². The molecule has 4 nitrogen and oxygen atoms in total. The van der Waals surface area contributed by atoms with Crippen molar-refractivity contribution < 1.29 is 4.42 Å². The van der Waals surface area contributed by atoms with Crippen LogP contribution in [0.2, 0.25) is 4.34 Å². The van der Waals surface area contributed by atoms with Gasteiger partial charge in [0.1, 0.15) is 21.6 Å². The third-order valence-electron chi connectivity index (χ3n) is 3.51. The van der Waals surface area contributed by atoms with E-state index in [1.807, 2.05) is 7.05 Å². The molecule has 3 rings (SSSR count). The highest BCUT2D eigenvalue weighted by Crippen LogP contribution is 2.47. The summed E-state index contributed by atoms with van der Waals surface area (Å²) in [6, 6.07) is 4.17. The molecule has 2 heterocycles. The maximum atomic E-state index is 6.00. The average Bonchev–Trinajstić information content (AvgIpc) is 2.75. The van der Waals surface area contributed by atoms with Gasteiger partial charge >= 0.3 is 0 Å². The van der Waals surface area contributed by atoms with E-state index in [1.165, 1.54) is 18.0 Å². The van der Waals surface area contributed by atoms with Gasteiger partial charge < -0.3 is 4.42 Å². The lowest BCUT2D eigenvalue weighted by molar-refractivity contribution is 0.280. The minimum Gasteiger partial charge on any atom is -0.464 e. The van der Waals surface area contributed by atoms with E-state index in [1.54, 1.807) is 0 Å². The molecule has 0 spiro atoms. The van der Waals surface area contributed by atoms with Gasteiger partial charge in [0, 0.05) is 24.0 Å². The molecule has 1 aliphatic rings. The number of halogens is 1. The van der Waals surface area contributed by atoms with Crippen LogP contribution in [0.3, 0.4) is 0 Å². The summed E-state index contributed by atoms with van der Waals surface area (Å²) in [5.74, 6) is 3.54. The van der Waals surface area contributed by atoms with Crippen molar-refractivity contribution in [3.05, 3.63) is 33.7 Å². The second-order valence-corrected chi connectivity index (χ2v) is 6.65. The Morgan fingerprint density at radius 1 is 1.47 bits per heavy atom. The molecule has 19 heavy (non-hydrogen) atoms. The Morgan fingerprint density at radius 3 is 2.89 bits per heavy atom. The van der Waals surface area contributed by atoms with E-state index in [0.29, 0.717) is 16.8 Å². The number of rotatable bonds is 5. The van der Waals surface area contributed by atoms with Gasteiger partial charge in [-0.15, -0.1) is 5.10 Å². The number of nitrogens with zero attached hydrogens (tertiary/aromatic N) is 3. The average molecular weight is 298 g/mol. The quantitative estimate of drug-likeness (QED) is 0.846. The first-order valence-electron chi connectivity index (χ1n) is 6.37. The van der Waals surface area contributed by atoms with Crippen LogP contribution >= 0.6 is 23.1 Å². The Labute approximate surface area is 121 Å². The summed E-state index contributed by atoms with van der Waals surface area (Å²) in [6.45, 7) is 3.70. The van der Waals surface area contributed by atoms with Crippen molar-refractivity contribution in [1.82, 2.24) is 14.5 Å². The van der Waals surface area contributed by atoms with Gasteiger partial charge in [0.2, 0.25) is 0 Å². The molecular formula is C13H16ClN3OS. The molecule has 0 unspecified atom stereocenters. The zero-order chi connectivity index (χ0) is 13.4. The molecule has 1 aliphatic carbocycles. The summed E-state index contributed by atoms with van der Waals surface area (Å²) in [6.07, 6.45) is 1.25. The highest BCUT2D eigenvalue weighted by molar-refractivity contribution is 7.10. The van der Waals surface area contributed by atoms with E-state index in [4.69, 9.17) is 16.0 Å². The molecule has 0 aliphatic heterocycles. The Balaban J connectivity index is 1.58. The number of furan rings is 1. The van der Waals surface area contributed by atoms with Crippen molar-refractivity contribution in [3.8, 4) is 0 Å². The second kappa shape index (κ2) is 5.23. The van der Waals surface area contributed by atoms with Crippen LogP contribution in [0, 0.1) is 5.92 Å². The Morgan fingerprint density at radius 2 is 2.26 bits per heavy atom. The molecule has 0 saturated heterocycles. The van der Waals surface area contributed by atoms with Crippen molar-refractivity contribution in [2.45, 2.75) is 32.4 Å². The van der Waals surface area contributed by atoms with Crippen LogP contribution in [0.1, 0.15) is 36.5 Å². The first-order chi connectivity index (χ1) is 9.13. The van der Waals surface area contributed by atoms with Crippen molar-refractivity contribution in [1.29, 1.82) is 0 Å². The predicted molar refractivity (Wildman–Crippen MR) is 75.3 cm³/mol. The standard InChI is InChI=1S/C13H16ClN3OS/c1-8-5-10(8)12-4-3-9(18-12)6-17(2)7-11-13(14)19-16-15-11/h3-4,8,10H,5-7H2,1-2H3/t8-,10-/m0/s1.